The molecule has 0 atom stereocenters. The van der Waals surface area contributed by atoms with Crippen molar-refractivity contribution in [2.24, 2.45) is 0 Å². The van der Waals surface area contributed by atoms with Crippen LogP contribution in [0.5, 0.6) is 0 Å². The molecule has 1 aromatic heterocycles. The third-order valence-electron chi connectivity index (χ3n) is 2.52. The van der Waals surface area contributed by atoms with Gasteiger partial charge in [0.15, 0.2) is 0 Å². The molecule has 3 heteroatoms. The Kier molecular flexibility index (Phi) is 3.25. The van der Waals surface area contributed by atoms with Crippen LogP contribution in [0.3, 0.4) is 0 Å². The summed E-state index contributed by atoms with van der Waals surface area (Å²) in [6, 6.07) is 6.45. The van der Waals surface area contributed by atoms with Crippen LogP contribution in [-0.2, 0) is 6.54 Å². The number of hydrogen-bond acceptors (Lipinski definition) is 3. The first-order valence-corrected chi connectivity index (χ1v) is 6.25. The van der Waals surface area contributed by atoms with Crippen molar-refractivity contribution in [2.75, 3.05) is 5.32 Å². The summed E-state index contributed by atoms with van der Waals surface area (Å²) in [6.07, 6.45) is 0. The molecule has 1 heterocycles. The van der Waals surface area contributed by atoms with Crippen molar-refractivity contribution in [3.05, 3.63) is 45.4 Å². The first-order valence-electron chi connectivity index (χ1n) is 5.37. The van der Waals surface area contributed by atoms with Gasteiger partial charge in [-0.2, -0.15) is 0 Å². The zero-order valence-corrected chi connectivity index (χ0v) is 10.7. The first-order chi connectivity index (χ1) is 7.65. The Bertz CT molecular complexity index is 488. The molecular weight excluding hydrogens is 216 g/mol. The molecule has 0 saturated carbocycles. The number of nitrogens with zero attached hydrogens (tertiary/aromatic N) is 1. The quantitative estimate of drug-likeness (QED) is 0.873. The van der Waals surface area contributed by atoms with Crippen LogP contribution < -0.4 is 5.32 Å². The third kappa shape index (κ3) is 2.61. The van der Waals surface area contributed by atoms with Gasteiger partial charge in [0.1, 0.15) is 0 Å². The van der Waals surface area contributed by atoms with Crippen molar-refractivity contribution in [1.82, 2.24) is 4.98 Å². The Hall–Kier alpha value is -1.35. The lowest BCUT2D eigenvalue weighted by atomic mass is 10.1. The Morgan fingerprint density at radius 3 is 2.75 bits per heavy atom. The summed E-state index contributed by atoms with van der Waals surface area (Å²) in [5.74, 6) is 0. The number of rotatable bonds is 3. The molecular formula is C13H16N2S. The summed E-state index contributed by atoms with van der Waals surface area (Å²) >= 11 is 1.70. The summed E-state index contributed by atoms with van der Waals surface area (Å²) in [7, 11) is 0. The third-order valence-corrected chi connectivity index (χ3v) is 3.34. The highest BCUT2D eigenvalue weighted by molar-refractivity contribution is 7.09. The lowest BCUT2D eigenvalue weighted by Gasteiger charge is -2.09. The molecule has 16 heavy (non-hydrogen) atoms. The Labute approximate surface area is 100 Å². The smallest absolute Gasteiger partial charge is 0.0898 e. The van der Waals surface area contributed by atoms with Crippen LogP contribution in [0.4, 0.5) is 5.69 Å². The monoisotopic (exact) mass is 232 g/mol. The van der Waals surface area contributed by atoms with Gasteiger partial charge in [-0.3, -0.25) is 0 Å². The lowest BCUT2D eigenvalue weighted by Crippen LogP contribution is -2.01. The van der Waals surface area contributed by atoms with E-state index in [0.29, 0.717) is 0 Å². The van der Waals surface area contributed by atoms with Crippen LogP contribution in [-0.4, -0.2) is 4.98 Å². The maximum atomic E-state index is 4.43. The van der Waals surface area contributed by atoms with Crippen LogP contribution in [0, 0.1) is 20.8 Å². The minimum absolute atomic E-state index is 0.800. The Balaban J connectivity index is 2.07. The topological polar surface area (TPSA) is 24.9 Å². The van der Waals surface area contributed by atoms with Gasteiger partial charge in [0.25, 0.3) is 0 Å². The fraction of sp³-hybridized carbons (Fsp3) is 0.308. The SMILES string of the molecule is Cc1ccc(C)c(NCc2csc(C)n2)c1. The highest BCUT2D eigenvalue weighted by atomic mass is 32.1. The number of thiazole rings is 1. The molecule has 2 nitrogen and oxygen atoms in total. The molecule has 0 aliphatic rings. The van der Waals surface area contributed by atoms with Crippen LogP contribution in [0.1, 0.15) is 21.8 Å². The summed E-state index contributed by atoms with van der Waals surface area (Å²) in [5, 5.41) is 6.66. The van der Waals surface area contributed by atoms with Crippen LogP contribution in [0.2, 0.25) is 0 Å². The molecule has 1 aromatic carbocycles. The van der Waals surface area contributed by atoms with Gasteiger partial charge >= 0.3 is 0 Å². The molecule has 84 valence electrons. The molecule has 0 amide bonds. The largest absolute Gasteiger partial charge is 0.379 e. The average molecular weight is 232 g/mol. The second-order valence-electron chi connectivity index (χ2n) is 4.03. The molecule has 0 aliphatic heterocycles. The molecule has 1 N–H and O–H groups in total. The first kappa shape index (κ1) is 11.1. The second kappa shape index (κ2) is 4.66. The predicted molar refractivity (Wildman–Crippen MR) is 70.1 cm³/mol. The number of anilines is 1. The molecule has 0 unspecified atom stereocenters. The van der Waals surface area contributed by atoms with E-state index in [4.69, 9.17) is 0 Å². The number of nitrogens with one attached hydrogen (secondary N) is 1. The molecule has 0 radical (unpaired) electrons. The average Bonchev–Trinajstić information content (AvgIpc) is 2.66. The van der Waals surface area contributed by atoms with Gasteiger partial charge in [-0.1, -0.05) is 12.1 Å². The van der Waals surface area contributed by atoms with Gasteiger partial charge < -0.3 is 5.32 Å². The van der Waals surface area contributed by atoms with E-state index < -0.39 is 0 Å². The van der Waals surface area contributed by atoms with Gasteiger partial charge in [0.2, 0.25) is 0 Å². The summed E-state index contributed by atoms with van der Waals surface area (Å²) in [4.78, 5) is 4.43. The van der Waals surface area contributed by atoms with E-state index >= 15 is 0 Å². The standard InChI is InChI=1S/C13H16N2S/c1-9-4-5-10(2)13(6-9)14-7-12-8-16-11(3)15-12/h4-6,8,14H,7H2,1-3H3. The van der Waals surface area contributed by atoms with Crippen LogP contribution in [0.25, 0.3) is 0 Å². The minimum Gasteiger partial charge on any atom is -0.379 e. The molecule has 0 fully saturated rings. The maximum Gasteiger partial charge on any atom is 0.0898 e. The van der Waals surface area contributed by atoms with Crippen molar-refractivity contribution in [3.63, 3.8) is 0 Å². The van der Waals surface area contributed by atoms with E-state index in [1.54, 1.807) is 11.3 Å². The Morgan fingerprint density at radius 2 is 2.06 bits per heavy atom. The van der Waals surface area contributed by atoms with Gasteiger partial charge in [0, 0.05) is 11.1 Å². The minimum atomic E-state index is 0.800. The molecule has 0 aliphatic carbocycles. The molecule has 0 spiro atoms. The fourth-order valence-electron chi connectivity index (χ4n) is 1.60. The van der Waals surface area contributed by atoms with E-state index in [0.717, 1.165) is 17.2 Å². The van der Waals surface area contributed by atoms with E-state index in [2.05, 4.69) is 47.7 Å². The molecule has 0 bridgehead atoms. The summed E-state index contributed by atoms with van der Waals surface area (Å²) in [6.45, 7) is 7.06. The van der Waals surface area contributed by atoms with Gasteiger partial charge in [-0.15, -0.1) is 11.3 Å². The van der Waals surface area contributed by atoms with E-state index in [1.165, 1.54) is 16.8 Å². The lowest BCUT2D eigenvalue weighted by molar-refractivity contribution is 1.05. The number of aryl methyl sites for hydroxylation is 3. The van der Waals surface area contributed by atoms with Crippen molar-refractivity contribution in [2.45, 2.75) is 27.3 Å². The van der Waals surface area contributed by atoms with Crippen molar-refractivity contribution in [1.29, 1.82) is 0 Å². The summed E-state index contributed by atoms with van der Waals surface area (Å²) in [5.41, 5.74) is 4.87. The van der Waals surface area contributed by atoms with Crippen molar-refractivity contribution < 1.29 is 0 Å². The van der Waals surface area contributed by atoms with Crippen LogP contribution in [0.15, 0.2) is 23.6 Å². The van der Waals surface area contributed by atoms with Crippen molar-refractivity contribution >= 4 is 17.0 Å². The van der Waals surface area contributed by atoms with Crippen LogP contribution >= 0.6 is 11.3 Å². The zero-order chi connectivity index (χ0) is 11.5. The second-order valence-corrected chi connectivity index (χ2v) is 5.09. The van der Waals surface area contributed by atoms with Gasteiger partial charge in [-0.05, 0) is 38.0 Å². The number of benzene rings is 1. The normalized spacial score (nSPS) is 10.4. The molecule has 0 saturated heterocycles. The molecule has 2 aromatic rings. The fourth-order valence-corrected chi connectivity index (χ4v) is 2.21. The van der Waals surface area contributed by atoms with Gasteiger partial charge in [0.05, 0.1) is 17.2 Å². The predicted octanol–water partition coefficient (Wildman–Crippen LogP) is 3.68. The summed E-state index contributed by atoms with van der Waals surface area (Å²) < 4.78 is 0. The zero-order valence-electron chi connectivity index (χ0n) is 9.87. The number of hydrogen-bond donors (Lipinski definition) is 1. The van der Waals surface area contributed by atoms with E-state index in [9.17, 15) is 0 Å². The Morgan fingerprint density at radius 1 is 1.25 bits per heavy atom. The van der Waals surface area contributed by atoms with Crippen molar-refractivity contribution in [3.8, 4) is 0 Å². The highest BCUT2D eigenvalue weighted by Crippen LogP contribution is 2.17. The maximum absolute atomic E-state index is 4.43. The van der Waals surface area contributed by atoms with Gasteiger partial charge in [-0.25, -0.2) is 4.98 Å². The van der Waals surface area contributed by atoms with E-state index in [-0.39, 0.29) is 0 Å². The number of aromatic nitrogens is 1. The highest BCUT2D eigenvalue weighted by Gasteiger charge is 2.00. The van der Waals surface area contributed by atoms with E-state index in [1.807, 2.05) is 6.92 Å². The molecule has 2 rings (SSSR count).